The Bertz CT molecular complexity index is 992. The van der Waals surface area contributed by atoms with Crippen LogP contribution in [0.5, 0.6) is 0 Å². The van der Waals surface area contributed by atoms with Gasteiger partial charge in [-0.05, 0) is 42.3 Å². The van der Waals surface area contributed by atoms with Crippen molar-refractivity contribution < 1.29 is 18.0 Å². The molecule has 29 heavy (non-hydrogen) atoms. The summed E-state index contributed by atoms with van der Waals surface area (Å²) < 4.78 is 22.8. The maximum absolute atomic E-state index is 12.8. The monoisotopic (exact) mass is 456 g/mol. The number of sulfone groups is 1. The van der Waals surface area contributed by atoms with E-state index in [1.165, 1.54) is 11.0 Å². The van der Waals surface area contributed by atoms with Crippen molar-refractivity contribution in [2.45, 2.75) is 19.1 Å². The molecule has 0 aliphatic rings. The second kappa shape index (κ2) is 10.1. The summed E-state index contributed by atoms with van der Waals surface area (Å²) in [6, 6.07) is 11.1. The summed E-state index contributed by atoms with van der Waals surface area (Å²) in [5.41, 5.74) is 1.35. The predicted octanol–water partition coefficient (Wildman–Crippen LogP) is 4.03. The second-order valence-electron chi connectivity index (χ2n) is 6.67. The minimum Gasteiger partial charge on any atom is -0.329 e. The third-order valence-corrected chi connectivity index (χ3v) is 5.37. The average Bonchev–Trinajstić information content (AvgIpc) is 2.63. The van der Waals surface area contributed by atoms with E-state index >= 15 is 0 Å². The summed E-state index contributed by atoms with van der Waals surface area (Å²) in [5, 5.41) is 3.44. The molecule has 0 aliphatic carbocycles. The minimum absolute atomic E-state index is 0.0943. The van der Waals surface area contributed by atoms with Crippen molar-refractivity contribution in [3.05, 3.63) is 63.6 Å². The van der Waals surface area contributed by atoms with Crippen LogP contribution < -0.4 is 5.32 Å². The fourth-order valence-corrected chi connectivity index (χ4v) is 3.84. The van der Waals surface area contributed by atoms with E-state index in [0.717, 1.165) is 6.26 Å². The number of rotatable bonds is 8. The largest absolute Gasteiger partial charge is 0.329 e. The highest BCUT2D eigenvalue weighted by Gasteiger charge is 2.19. The van der Waals surface area contributed by atoms with Crippen molar-refractivity contribution in [2.75, 3.05) is 24.7 Å². The van der Waals surface area contributed by atoms with Gasteiger partial charge in [0, 0.05) is 23.4 Å². The van der Waals surface area contributed by atoms with E-state index in [9.17, 15) is 18.0 Å². The van der Waals surface area contributed by atoms with Gasteiger partial charge in [-0.15, -0.1) is 0 Å². The highest BCUT2D eigenvalue weighted by atomic mass is 35.5. The number of carbonyl (C=O) groups is 2. The molecular weight excluding hydrogens is 435 g/mol. The van der Waals surface area contributed by atoms with Crippen LogP contribution in [0, 0.1) is 0 Å². The molecule has 156 valence electrons. The van der Waals surface area contributed by atoms with E-state index in [4.69, 9.17) is 23.2 Å². The lowest BCUT2D eigenvalue weighted by molar-refractivity contribution is -0.116. The summed E-state index contributed by atoms with van der Waals surface area (Å²) in [6.07, 6.45) is 1.82. The molecule has 0 bridgehead atoms. The Balaban J connectivity index is 2.10. The molecule has 0 aromatic heterocycles. The second-order valence-corrected chi connectivity index (χ2v) is 9.65. The Morgan fingerprint density at radius 3 is 2.31 bits per heavy atom. The summed E-state index contributed by atoms with van der Waals surface area (Å²) in [4.78, 5) is 26.7. The van der Waals surface area contributed by atoms with Crippen LogP contribution in [0.1, 0.15) is 29.3 Å². The smallest absolute Gasteiger partial charge is 0.254 e. The van der Waals surface area contributed by atoms with Gasteiger partial charge in [-0.25, -0.2) is 8.42 Å². The van der Waals surface area contributed by atoms with Crippen LogP contribution in [0.25, 0.3) is 0 Å². The van der Waals surface area contributed by atoms with Crippen molar-refractivity contribution in [3.63, 3.8) is 0 Å². The summed E-state index contributed by atoms with van der Waals surface area (Å²) in [7, 11) is -3.16. The molecule has 0 saturated carbocycles. The normalized spacial score (nSPS) is 11.2. The fourth-order valence-electron chi connectivity index (χ4n) is 2.71. The maximum Gasteiger partial charge on any atom is 0.254 e. The van der Waals surface area contributed by atoms with Gasteiger partial charge >= 0.3 is 0 Å². The standard InChI is InChI=1S/C20H22Cl2N2O4S/c1-3-10-24(12-19(25)23-18-11-16(21)8-9-17(18)22)20(26)15-6-4-14(5-7-15)13-29(2,27)28/h4-9,11H,3,10,12-13H2,1-2H3,(H,23,25). The van der Waals surface area contributed by atoms with E-state index in [0.29, 0.717) is 39.8 Å². The number of benzene rings is 2. The zero-order chi connectivity index (χ0) is 21.6. The Morgan fingerprint density at radius 2 is 1.72 bits per heavy atom. The first kappa shape index (κ1) is 23.2. The molecule has 0 unspecified atom stereocenters. The number of halogens is 2. The number of nitrogens with one attached hydrogen (secondary N) is 1. The van der Waals surface area contributed by atoms with Gasteiger partial charge in [-0.3, -0.25) is 9.59 Å². The molecular formula is C20H22Cl2N2O4S. The van der Waals surface area contributed by atoms with Crippen molar-refractivity contribution in [1.29, 1.82) is 0 Å². The highest BCUT2D eigenvalue weighted by Crippen LogP contribution is 2.25. The molecule has 2 aromatic rings. The van der Waals surface area contributed by atoms with Crippen LogP contribution in [0.15, 0.2) is 42.5 Å². The minimum atomic E-state index is -3.16. The first-order valence-corrected chi connectivity index (χ1v) is 11.7. The molecule has 2 aromatic carbocycles. The van der Waals surface area contributed by atoms with E-state index in [2.05, 4.69) is 5.32 Å². The number of nitrogens with zero attached hydrogens (tertiary/aromatic N) is 1. The van der Waals surface area contributed by atoms with Crippen LogP contribution in [0.3, 0.4) is 0 Å². The summed E-state index contributed by atoms with van der Waals surface area (Å²) >= 11 is 12.0. The molecule has 0 atom stereocenters. The maximum atomic E-state index is 12.8. The number of hydrogen-bond acceptors (Lipinski definition) is 4. The molecule has 9 heteroatoms. The van der Waals surface area contributed by atoms with Gasteiger partial charge in [0.2, 0.25) is 5.91 Å². The molecule has 2 rings (SSSR count). The van der Waals surface area contributed by atoms with Gasteiger partial charge in [-0.2, -0.15) is 0 Å². The molecule has 0 aliphatic heterocycles. The zero-order valence-corrected chi connectivity index (χ0v) is 18.4. The van der Waals surface area contributed by atoms with E-state index < -0.39 is 15.7 Å². The van der Waals surface area contributed by atoms with Gasteiger partial charge in [0.25, 0.3) is 5.91 Å². The summed E-state index contributed by atoms with van der Waals surface area (Å²) in [6.45, 7) is 2.14. The predicted molar refractivity (Wildman–Crippen MR) is 116 cm³/mol. The van der Waals surface area contributed by atoms with Gasteiger partial charge in [-0.1, -0.05) is 42.3 Å². The number of carbonyl (C=O) groups excluding carboxylic acids is 2. The molecule has 0 heterocycles. The lowest BCUT2D eigenvalue weighted by Gasteiger charge is -2.22. The molecule has 0 saturated heterocycles. The third kappa shape index (κ3) is 7.34. The van der Waals surface area contributed by atoms with Gasteiger partial charge in [0.05, 0.1) is 16.5 Å². The third-order valence-electron chi connectivity index (χ3n) is 3.95. The van der Waals surface area contributed by atoms with Gasteiger partial charge in [0.1, 0.15) is 6.54 Å². The van der Waals surface area contributed by atoms with E-state index in [1.807, 2.05) is 6.92 Å². The lowest BCUT2D eigenvalue weighted by atomic mass is 10.1. The quantitative estimate of drug-likeness (QED) is 0.649. The van der Waals surface area contributed by atoms with Crippen molar-refractivity contribution >= 4 is 50.5 Å². The van der Waals surface area contributed by atoms with Crippen molar-refractivity contribution in [2.24, 2.45) is 0 Å². The Kier molecular flexibility index (Phi) is 8.07. The molecule has 0 spiro atoms. The van der Waals surface area contributed by atoms with Crippen molar-refractivity contribution in [1.82, 2.24) is 4.90 Å². The van der Waals surface area contributed by atoms with Crippen LogP contribution in [0.4, 0.5) is 5.69 Å². The SMILES string of the molecule is CCCN(CC(=O)Nc1cc(Cl)ccc1Cl)C(=O)c1ccc(CS(C)(=O)=O)cc1. The summed E-state index contributed by atoms with van der Waals surface area (Å²) in [5.74, 6) is -0.807. The number of hydrogen-bond donors (Lipinski definition) is 1. The molecule has 0 fully saturated rings. The number of amides is 2. The Morgan fingerprint density at radius 1 is 1.07 bits per heavy atom. The van der Waals surface area contributed by atoms with Crippen LogP contribution in [-0.4, -0.2) is 44.5 Å². The first-order valence-electron chi connectivity index (χ1n) is 8.90. The van der Waals surface area contributed by atoms with Gasteiger partial charge in [0.15, 0.2) is 9.84 Å². The number of anilines is 1. The van der Waals surface area contributed by atoms with Crippen LogP contribution in [-0.2, 0) is 20.4 Å². The molecule has 1 N–H and O–H groups in total. The lowest BCUT2D eigenvalue weighted by Crippen LogP contribution is -2.38. The zero-order valence-electron chi connectivity index (χ0n) is 16.1. The molecule has 2 amide bonds. The van der Waals surface area contributed by atoms with Crippen molar-refractivity contribution in [3.8, 4) is 0 Å². The average molecular weight is 457 g/mol. The Labute approximate surface area is 180 Å². The van der Waals surface area contributed by atoms with E-state index in [1.54, 1.807) is 36.4 Å². The first-order chi connectivity index (χ1) is 13.6. The van der Waals surface area contributed by atoms with E-state index in [-0.39, 0.29) is 18.2 Å². The highest BCUT2D eigenvalue weighted by molar-refractivity contribution is 7.89. The van der Waals surface area contributed by atoms with Crippen LogP contribution in [0.2, 0.25) is 10.0 Å². The van der Waals surface area contributed by atoms with Gasteiger partial charge < -0.3 is 10.2 Å². The Hall–Kier alpha value is -2.09. The molecule has 6 nitrogen and oxygen atoms in total. The topological polar surface area (TPSA) is 83.6 Å². The fraction of sp³-hybridized carbons (Fsp3) is 0.300. The van der Waals surface area contributed by atoms with Crippen LogP contribution >= 0.6 is 23.2 Å². The molecule has 0 radical (unpaired) electrons.